The second-order valence-electron chi connectivity index (χ2n) is 5.51. The molecule has 0 aliphatic heterocycles. The summed E-state index contributed by atoms with van der Waals surface area (Å²) in [5.41, 5.74) is -0.565. The van der Waals surface area contributed by atoms with Crippen LogP contribution in [0.3, 0.4) is 0 Å². The van der Waals surface area contributed by atoms with Crippen molar-refractivity contribution in [3.8, 4) is 5.75 Å². The van der Waals surface area contributed by atoms with Crippen LogP contribution in [0, 0.1) is 5.82 Å². The summed E-state index contributed by atoms with van der Waals surface area (Å²) in [5, 5.41) is 17.0. The maximum absolute atomic E-state index is 12.7. The number of carbonyl (C=O) groups excluding carboxylic acids is 1. The summed E-state index contributed by atoms with van der Waals surface area (Å²) in [7, 11) is 1.75. The van der Waals surface area contributed by atoms with E-state index in [0.717, 1.165) is 0 Å². The molecule has 23 heavy (non-hydrogen) atoms. The maximum atomic E-state index is 12.7. The first-order chi connectivity index (χ1) is 10.9. The highest BCUT2D eigenvalue weighted by Crippen LogP contribution is 2.18. The zero-order valence-corrected chi connectivity index (χ0v) is 13.1. The zero-order valence-electron chi connectivity index (χ0n) is 13.1. The highest BCUT2D eigenvalue weighted by molar-refractivity contribution is 5.76. The van der Waals surface area contributed by atoms with E-state index in [2.05, 4.69) is 10.4 Å². The molecule has 1 heterocycles. The van der Waals surface area contributed by atoms with Crippen LogP contribution < -0.4 is 10.1 Å². The number of benzene rings is 1. The van der Waals surface area contributed by atoms with Gasteiger partial charge in [0.2, 0.25) is 5.91 Å². The van der Waals surface area contributed by atoms with Gasteiger partial charge in [0.25, 0.3) is 0 Å². The van der Waals surface area contributed by atoms with Crippen LogP contribution in [0.1, 0.15) is 18.9 Å². The van der Waals surface area contributed by atoms with Gasteiger partial charge in [-0.1, -0.05) is 0 Å². The summed E-state index contributed by atoms with van der Waals surface area (Å²) in [4.78, 5) is 11.8. The molecule has 7 heteroatoms. The third-order valence-corrected chi connectivity index (χ3v) is 3.37. The van der Waals surface area contributed by atoms with Gasteiger partial charge in [-0.3, -0.25) is 9.48 Å². The van der Waals surface area contributed by atoms with Gasteiger partial charge in [-0.25, -0.2) is 4.39 Å². The third-order valence-electron chi connectivity index (χ3n) is 3.37. The van der Waals surface area contributed by atoms with Crippen molar-refractivity contribution < 1.29 is 19.0 Å². The fourth-order valence-electron chi connectivity index (χ4n) is 1.95. The number of hydrogen-bond donors (Lipinski definition) is 2. The van der Waals surface area contributed by atoms with Gasteiger partial charge in [0, 0.05) is 18.8 Å². The summed E-state index contributed by atoms with van der Waals surface area (Å²) in [6, 6.07) is 5.59. The lowest BCUT2D eigenvalue weighted by molar-refractivity contribution is -0.122. The van der Waals surface area contributed by atoms with Crippen molar-refractivity contribution in [2.24, 2.45) is 7.05 Å². The highest BCUT2D eigenvalue weighted by atomic mass is 19.1. The van der Waals surface area contributed by atoms with Crippen molar-refractivity contribution in [1.82, 2.24) is 15.1 Å². The molecule has 124 valence electrons. The topological polar surface area (TPSA) is 76.4 Å². The summed E-state index contributed by atoms with van der Waals surface area (Å²) < 4.78 is 19.7. The zero-order chi connectivity index (χ0) is 16.9. The van der Waals surface area contributed by atoms with E-state index in [9.17, 15) is 14.3 Å². The molecule has 0 aliphatic rings. The molecule has 2 aromatic rings. The van der Waals surface area contributed by atoms with Crippen molar-refractivity contribution in [3.05, 3.63) is 48.0 Å². The van der Waals surface area contributed by atoms with Crippen LogP contribution in [0.25, 0.3) is 0 Å². The minimum absolute atomic E-state index is 0.0775. The van der Waals surface area contributed by atoms with Gasteiger partial charge in [-0.05, 0) is 31.2 Å². The number of hydrogen-bond acceptors (Lipinski definition) is 4. The van der Waals surface area contributed by atoms with Crippen molar-refractivity contribution >= 4 is 5.91 Å². The van der Waals surface area contributed by atoms with E-state index in [4.69, 9.17) is 4.74 Å². The first kappa shape index (κ1) is 17.0. The molecule has 0 radical (unpaired) electrons. The third kappa shape index (κ3) is 5.07. The Kier molecular flexibility index (Phi) is 5.33. The Morgan fingerprint density at radius 2 is 2.13 bits per heavy atom. The molecule has 0 saturated heterocycles. The quantitative estimate of drug-likeness (QED) is 0.807. The summed E-state index contributed by atoms with van der Waals surface area (Å²) in [5.74, 6) is -0.0782. The van der Waals surface area contributed by atoms with Gasteiger partial charge in [-0.2, -0.15) is 5.10 Å². The number of nitrogens with zero attached hydrogens (tertiary/aromatic N) is 2. The van der Waals surface area contributed by atoms with Crippen LogP contribution in [0.5, 0.6) is 5.75 Å². The lowest BCUT2D eigenvalue weighted by Gasteiger charge is -2.22. The summed E-state index contributed by atoms with van der Waals surface area (Å²) >= 11 is 0. The number of halogens is 1. The summed E-state index contributed by atoms with van der Waals surface area (Å²) in [6.07, 6.45) is 3.40. The molecule has 0 saturated carbocycles. The molecule has 2 rings (SSSR count). The number of nitrogens with one attached hydrogen (secondary N) is 1. The normalized spacial score (nSPS) is 13.4. The lowest BCUT2D eigenvalue weighted by atomic mass is 10.00. The van der Waals surface area contributed by atoms with Crippen LogP contribution >= 0.6 is 0 Å². The molecule has 1 amide bonds. The van der Waals surface area contributed by atoms with Gasteiger partial charge in [0.15, 0.2) is 0 Å². The maximum Gasteiger partial charge on any atom is 0.223 e. The number of ether oxygens (including phenoxy) is 1. The second-order valence-corrected chi connectivity index (χ2v) is 5.51. The standard InChI is InChI=1S/C16H20FN3O3/c1-16(22,12-9-19-20(2)10-12)11-18-15(21)7-8-23-14-5-3-13(17)4-6-14/h3-6,9-10,22H,7-8,11H2,1-2H3,(H,18,21). The number of aromatic nitrogens is 2. The molecule has 2 N–H and O–H groups in total. The molecule has 0 spiro atoms. The molecule has 0 bridgehead atoms. The second kappa shape index (κ2) is 7.23. The Balaban J connectivity index is 1.73. The molecular weight excluding hydrogens is 301 g/mol. The number of amides is 1. The predicted molar refractivity (Wildman–Crippen MR) is 82.3 cm³/mol. The molecule has 0 aliphatic carbocycles. The van der Waals surface area contributed by atoms with E-state index in [1.54, 1.807) is 31.0 Å². The smallest absolute Gasteiger partial charge is 0.223 e. The Bertz CT molecular complexity index is 653. The average molecular weight is 321 g/mol. The Hall–Kier alpha value is -2.41. The Morgan fingerprint density at radius 1 is 1.43 bits per heavy atom. The molecule has 1 atom stereocenters. The van der Waals surface area contributed by atoms with Gasteiger partial charge in [-0.15, -0.1) is 0 Å². The molecule has 0 fully saturated rings. The number of rotatable bonds is 7. The predicted octanol–water partition coefficient (Wildman–Crippen LogP) is 1.35. The fourth-order valence-corrected chi connectivity index (χ4v) is 1.95. The minimum atomic E-state index is -1.19. The molecular formula is C16H20FN3O3. The number of carbonyl (C=O) groups is 1. The number of aliphatic hydroxyl groups is 1. The molecule has 1 aromatic heterocycles. The van der Waals surface area contributed by atoms with Crippen LogP contribution in [-0.4, -0.2) is 33.9 Å². The highest BCUT2D eigenvalue weighted by Gasteiger charge is 2.25. The van der Waals surface area contributed by atoms with Gasteiger partial charge < -0.3 is 15.2 Å². The lowest BCUT2D eigenvalue weighted by Crippen LogP contribution is -2.38. The average Bonchev–Trinajstić information content (AvgIpc) is 2.95. The minimum Gasteiger partial charge on any atom is -0.493 e. The van der Waals surface area contributed by atoms with E-state index >= 15 is 0 Å². The molecule has 1 unspecified atom stereocenters. The van der Waals surface area contributed by atoms with Crippen LogP contribution in [-0.2, 0) is 17.4 Å². The van der Waals surface area contributed by atoms with E-state index in [-0.39, 0.29) is 31.3 Å². The SMILES string of the molecule is Cn1cc(C(C)(O)CNC(=O)CCOc2ccc(F)cc2)cn1. The van der Waals surface area contributed by atoms with Crippen molar-refractivity contribution in [3.63, 3.8) is 0 Å². The van der Waals surface area contributed by atoms with Crippen molar-refractivity contribution in [2.45, 2.75) is 18.9 Å². The first-order valence-corrected chi connectivity index (χ1v) is 7.23. The van der Waals surface area contributed by atoms with Gasteiger partial charge in [0.05, 0.1) is 25.8 Å². The molecule has 1 aromatic carbocycles. The van der Waals surface area contributed by atoms with Crippen LogP contribution in [0.4, 0.5) is 4.39 Å². The van der Waals surface area contributed by atoms with Crippen molar-refractivity contribution in [1.29, 1.82) is 0 Å². The first-order valence-electron chi connectivity index (χ1n) is 7.23. The van der Waals surface area contributed by atoms with E-state index in [0.29, 0.717) is 11.3 Å². The van der Waals surface area contributed by atoms with E-state index < -0.39 is 5.60 Å². The van der Waals surface area contributed by atoms with Crippen LogP contribution in [0.2, 0.25) is 0 Å². The van der Waals surface area contributed by atoms with Crippen LogP contribution in [0.15, 0.2) is 36.7 Å². The van der Waals surface area contributed by atoms with Gasteiger partial charge >= 0.3 is 0 Å². The van der Waals surface area contributed by atoms with E-state index in [1.165, 1.54) is 24.3 Å². The summed E-state index contributed by atoms with van der Waals surface area (Å²) in [6.45, 7) is 1.86. The Morgan fingerprint density at radius 3 is 2.74 bits per heavy atom. The fraction of sp³-hybridized carbons (Fsp3) is 0.375. The largest absolute Gasteiger partial charge is 0.493 e. The van der Waals surface area contributed by atoms with Crippen molar-refractivity contribution in [2.75, 3.05) is 13.2 Å². The Labute approximate surface area is 133 Å². The molecule has 6 nitrogen and oxygen atoms in total. The monoisotopic (exact) mass is 321 g/mol. The van der Waals surface area contributed by atoms with E-state index in [1.807, 2.05) is 0 Å². The van der Waals surface area contributed by atoms with Gasteiger partial charge in [0.1, 0.15) is 17.2 Å². The number of aryl methyl sites for hydroxylation is 1.